The molecule has 1 aliphatic carbocycles. The van der Waals surface area contributed by atoms with E-state index >= 15 is 0 Å². The molecule has 1 atom stereocenters. The van der Waals surface area contributed by atoms with Crippen LogP contribution in [0.15, 0.2) is 27.6 Å². The van der Waals surface area contributed by atoms with Crippen molar-refractivity contribution < 1.29 is 9.15 Å². The molecule has 0 amide bonds. The minimum atomic E-state index is -0.262. The Bertz CT molecular complexity index is 586. The molecule has 0 radical (unpaired) electrons. The van der Waals surface area contributed by atoms with Crippen LogP contribution in [0.5, 0.6) is 0 Å². The van der Waals surface area contributed by atoms with Crippen LogP contribution in [0.1, 0.15) is 55.7 Å². The molecule has 4 heteroatoms. The molecule has 0 bridgehead atoms. The number of nitrogens with one attached hydrogen (secondary N) is 1. The van der Waals surface area contributed by atoms with E-state index in [-0.39, 0.29) is 11.9 Å². The van der Waals surface area contributed by atoms with Gasteiger partial charge in [0.15, 0.2) is 6.23 Å². The van der Waals surface area contributed by atoms with Crippen LogP contribution in [-0.2, 0) is 17.6 Å². The van der Waals surface area contributed by atoms with Gasteiger partial charge in [0, 0.05) is 30.4 Å². The zero-order valence-electron chi connectivity index (χ0n) is 12.6. The lowest BCUT2D eigenvalue weighted by Gasteiger charge is -2.30. The lowest BCUT2D eigenvalue weighted by Crippen LogP contribution is -2.32. The number of fused-ring (bicyclic) bond motifs is 1. The van der Waals surface area contributed by atoms with Gasteiger partial charge in [0.2, 0.25) is 0 Å². The van der Waals surface area contributed by atoms with Crippen LogP contribution in [0.3, 0.4) is 0 Å². The fourth-order valence-electron chi connectivity index (χ4n) is 3.19. The van der Waals surface area contributed by atoms with E-state index < -0.39 is 0 Å². The van der Waals surface area contributed by atoms with Crippen LogP contribution in [0.25, 0.3) is 0 Å². The lowest BCUT2D eigenvalue weighted by atomic mass is 9.81. The minimum absolute atomic E-state index is 0.244. The first-order valence-corrected chi connectivity index (χ1v) is 7.89. The largest absolute Gasteiger partial charge is 0.427 e. The van der Waals surface area contributed by atoms with E-state index in [1.807, 2.05) is 6.92 Å². The van der Waals surface area contributed by atoms with Gasteiger partial charge in [0.25, 0.3) is 0 Å². The number of ether oxygens (including phenoxy) is 1. The summed E-state index contributed by atoms with van der Waals surface area (Å²) in [6.07, 6.45) is 6.40. The first kappa shape index (κ1) is 14.4. The van der Waals surface area contributed by atoms with Crippen molar-refractivity contribution in [3.63, 3.8) is 0 Å². The van der Waals surface area contributed by atoms with Crippen LogP contribution in [0.4, 0.5) is 0 Å². The summed E-state index contributed by atoms with van der Waals surface area (Å²) in [6, 6.07) is 1.64. The van der Waals surface area contributed by atoms with Gasteiger partial charge < -0.3 is 14.5 Å². The van der Waals surface area contributed by atoms with E-state index in [2.05, 4.69) is 11.9 Å². The van der Waals surface area contributed by atoms with Crippen LogP contribution >= 0.6 is 0 Å². The van der Waals surface area contributed by atoms with Crippen molar-refractivity contribution in [2.45, 2.75) is 51.7 Å². The first-order chi connectivity index (χ1) is 10.2. The molecule has 21 heavy (non-hydrogen) atoms. The molecule has 1 aromatic rings. The van der Waals surface area contributed by atoms with Gasteiger partial charge in [0.05, 0.1) is 0 Å². The zero-order chi connectivity index (χ0) is 14.8. The van der Waals surface area contributed by atoms with Gasteiger partial charge in [0.1, 0.15) is 5.76 Å². The van der Waals surface area contributed by atoms with Crippen molar-refractivity contribution in [3.05, 3.63) is 45.6 Å². The summed E-state index contributed by atoms with van der Waals surface area (Å²) in [7, 11) is 0. The molecule has 0 saturated heterocycles. The Morgan fingerprint density at radius 3 is 2.95 bits per heavy atom. The number of aryl methyl sites for hydroxylation is 1. The monoisotopic (exact) mass is 289 g/mol. The maximum Gasteiger partial charge on any atom is 0.336 e. The average molecular weight is 289 g/mol. The molecule has 1 N–H and O–H groups in total. The summed E-state index contributed by atoms with van der Waals surface area (Å²) in [5.41, 5.74) is 2.66. The van der Waals surface area contributed by atoms with E-state index in [4.69, 9.17) is 9.15 Å². The maximum absolute atomic E-state index is 11.8. The topological polar surface area (TPSA) is 51.5 Å². The Labute approximate surface area is 125 Å². The fourth-order valence-corrected chi connectivity index (χ4v) is 3.19. The highest BCUT2D eigenvalue weighted by Crippen LogP contribution is 2.34. The lowest BCUT2D eigenvalue weighted by molar-refractivity contribution is 0.0367. The molecule has 4 nitrogen and oxygen atoms in total. The molecule has 1 saturated carbocycles. The molecule has 3 rings (SSSR count). The number of rotatable bonds is 5. The Balaban J connectivity index is 1.90. The molecule has 1 unspecified atom stereocenters. The van der Waals surface area contributed by atoms with E-state index in [1.54, 1.807) is 6.07 Å². The Hall–Kier alpha value is -1.55. The molecule has 2 aliphatic rings. The van der Waals surface area contributed by atoms with E-state index in [0.29, 0.717) is 18.8 Å². The van der Waals surface area contributed by atoms with Gasteiger partial charge >= 0.3 is 5.63 Å². The summed E-state index contributed by atoms with van der Waals surface area (Å²) in [4.78, 5) is 11.8. The molecule has 0 spiro atoms. The Morgan fingerprint density at radius 2 is 2.29 bits per heavy atom. The highest BCUT2D eigenvalue weighted by atomic mass is 16.5. The van der Waals surface area contributed by atoms with Gasteiger partial charge in [-0.2, -0.15) is 0 Å². The molecular formula is C17H23NO3. The molecular weight excluding hydrogens is 266 g/mol. The van der Waals surface area contributed by atoms with Crippen molar-refractivity contribution in [3.8, 4) is 0 Å². The average Bonchev–Trinajstić information content (AvgIpc) is 2.35. The van der Waals surface area contributed by atoms with E-state index in [1.165, 1.54) is 19.3 Å². The molecule has 2 heterocycles. The van der Waals surface area contributed by atoms with Gasteiger partial charge in [-0.15, -0.1) is 0 Å². The predicted octanol–water partition coefficient (Wildman–Crippen LogP) is 3.07. The summed E-state index contributed by atoms with van der Waals surface area (Å²) < 4.78 is 11.2. The molecule has 114 valence electrons. The second kappa shape index (κ2) is 6.06. The quantitative estimate of drug-likeness (QED) is 0.905. The van der Waals surface area contributed by atoms with Crippen LogP contribution in [0, 0.1) is 5.92 Å². The number of hydrogen-bond donors (Lipinski definition) is 1. The van der Waals surface area contributed by atoms with Crippen LogP contribution in [-0.4, -0.2) is 6.61 Å². The molecule has 1 aromatic heterocycles. The molecule has 0 aromatic carbocycles. The normalized spacial score (nSPS) is 21.6. The zero-order valence-corrected chi connectivity index (χ0v) is 12.6. The minimum Gasteiger partial charge on any atom is -0.427 e. The standard InChI is InChI=1S/C17H23NO3/c1-3-20-17-16-13(8-7-12-5-4-6-12)10-15(19)21-14(16)9-11(2)18-17/h10,12,17-18H,2-9H2,1H3. The number of allylic oxidation sites excluding steroid dienone is 1. The summed E-state index contributed by atoms with van der Waals surface area (Å²) in [6.45, 7) is 6.52. The second-order valence-corrected chi connectivity index (χ2v) is 6.02. The second-order valence-electron chi connectivity index (χ2n) is 6.02. The Morgan fingerprint density at radius 1 is 1.48 bits per heavy atom. The van der Waals surface area contributed by atoms with Gasteiger partial charge in [-0.3, -0.25) is 0 Å². The Kier molecular flexibility index (Phi) is 4.15. The van der Waals surface area contributed by atoms with E-state index in [9.17, 15) is 4.79 Å². The van der Waals surface area contributed by atoms with Crippen molar-refractivity contribution >= 4 is 0 Å². The SMILES string of the molecule is C=C1Cc2oc(=O)cc(CCC3CCC3)c2C(OCC)N1. The third kappa shape index (κ3) is 3.05. The fraction of sp³-hybridized carbons (Fsp3) is 0.588. The maximum atomic E-state index is 11.8. The summed E-state index contributed by atoms with van der Waals surface area (Å²) >= 11 is 0. The summed E-state index contributed by atoms with van der Waals surface area (Å²) in [5.74, 6) is 1.54. The third-order valence-corrected chi connectivity index (χ3v) is 4.51. The highest BCUT2D eigenvalue weighted by molar-refractivity contribution is 5.35. The van der Waals surface area contributed by atoms with E-state index in [0.717, 1.165) is 35.6 Å². The van der Waals surface area contributed by atoms with Crippen molar-refractivity contribution in [2.24, 2.45) is 5.92 Å². The first-order valence-electron chi connectivity index (χ1n) is 7.89. The van der Waals surface area contributed by atoms with Gasteiger partial charge in [-0.1, -0.05) is 25.8 Å². The summed E-state index contributed by atoms with van der Waals surface area (Å²) in [5, 5.41) is 3.27. The molecule has 1 aliphatic heterocycles. The van der Waals surface area contributed by atoms with Crippen LogP contribution in [0.2, 0.25) is 0 Å². The smallest absolute Gasteiger partial charge is 0.336 e. The van der Waals surface area contributed by atoms with Gasteiger partial charge in [-0.05, 0) is 31.2 Å². The van der Waals surface area contributed by atoms with Crippen LogP contribution < -0.4 is 10.9 Å². The number of hydrogen-bond acceptors (Lipinski definition) is 4. The highest BCUT2D eigenvalue weighted by Gasteiger charge is 2.28. The predicted molar refractivity (Wildman–Crippen MR) is 81.0 cm³/mol. The van der Waals surface area contributed by atoms with Crippen molar-refractivity contribution in [1.29, 1.82) is 0 Å². The van der Waals surface area contributed by atoms with Crippen molar-refractivity contribution in [2.75, 3.05) is 6.61 Å². The van der Waals surface area contributed by atoms with Crippen molar-refractivity contribution in [1.82, 2.24) is 5.32 Å². The molecule has 1 fully saturated rings. The van der Waals surface area contributed by atoms with Gasteiger partial charge in [-0.25, -0.2) is 4.79 Å². The third-order valence-electron chi connectivity index (χ3n) is 4.51.